The average Bonchev–Trinajstić information content (AvgIpc) is 2.91. The second-order valence-corrected chi connectivity index (χ2v) is 10.6. The van der Waals surface area contributed by atoms with Gasteiger partial charge in [0.2, 0.25) is 10.0 Å². The van der Waals surface area contributed by atoms with E-state index < -0.39 is 25.8 Å². The molecule has 0 radical (unpaired) electrons. The molecule has 0 bridgehead atoms. The summed E-state index contributed by atoms with van der Waals surface area (Å²) in [5.74, 6) is -0.363. The molecule has 0 aliphatic carbocycles. The van der Waals surface area contributed by atoms with Crippen molar-refractivity contribution in [3.8, 4) is 0 Å². The van der Waals surface area contributed by atoms with E-state index in [0.29, 0.717) is 18.5 Å². The number of amides is 1. The lowest BCUT2D eigenvalue weighted by atomic mass is 10.2. The number of sulfone groups is 1. The van der Waals surface area contributed by atoms with E-state index in [1.54, 1.807) is 0 Å². The van der Waals surface area contributed by atoms with E-state index in [1.807, 2.05) is 6.92 Å². The number of carbonyl (C=O) groups excluding carboxylic acids is 1. The minimum absolute atomic E-state index is 0.0482. The van der Waals surface area contributed by atoms with Gasteiger partial charge in [-0.25, -0.2) is 21.1 Å². The number of nitrogens with one attached hydrogen (secondary N) is 1. The molecule has 1 saturated heterocycles. The van der Waals surface area contributed by atoms with Crippen LogP contribution in [0.4, 0.5) is 0 Å². The molecule has 0 aromatic heterocycles. The third-order valence-electron chi connectivity index (χ3n) is 4.22. The zero-order valence-electron chi connectivity index (χ0n) is 14.4. The highest BCUT2D eigenvalue weighted by Gasteiger charge is 2.29. The highest BCUT2D eigenvalue weighted by molar-refractivity contribution is 7.91. The topological polar surface area (TPSA) is 101 Å². The maximum atomic E-state index is 12.4. The molecular formula is C16H24N2O5S2. The number of benzene rings is 1. The number of carbonyl (C=O) groups is 1. The molecule has 7 nitrogen and oxygen atoms in total. The first kappa shape index (κ1) is 19.9. The third kappa shape index (κ3) is 5.02. The van der Waals surface area contributed by atoms with Gasteiger partial charge in [-0.2, -0.15) is 0 Å². The maximum Gasteiger partial charge on any atom is 0.251 e. The Balaban J connectivity index is 2.05. The summed E-state index contributed by atoms with van der Waals surface area (Å²) in [5, 5.41) is 2.68. The number of nitrogens with zero attached hydrogens (tertiary/aromatic N) is 1. The summed E-state index contributed by atoms with van der Waals surface area (Å²) in [6.45, 7) is 2.43. The SMILES string of the molecule is CCCCN(C)S(=O)(=O)c1ccc(C(=O)NC2CCS(=O)(=O)C2)cc1. The molecule has 1 amide bonds. The van der Waals surface area contributed by atoms with E-state index >= 15 is 0 Å². The highest BCUT2D eigenvalue weighted by atomic mass is 32.2. The zero-order valence-corrected chi connectivity index (χ0v) is 16.1. The van der Waals surface area contributed by atoms with Crippen molar-refractivity contribution in [2.24, 2.45) is 0 Å². The monoisotopic (exact) mass is 388 g/mol. The number of rotatable bonds is 7. The molecule has 1 unspecified atom stereocenters. The molecule has 1 atom stereocenters. The second-order valence-electron chi connectivity index (χ2n) is 6.28. The molecule has 0 spiro atoms. The molecule has 1 aromatic carbocycles. The van der Waals surface area contributed by atoms with E-state index in [-0.39, 0.29) is 22.4 Å². The van der Waals surface area contributed by atoms with Crippen molar-refractivity contribution in [2.45, 2.75) is 37.1 Å². The Morgan fingerprint density at radius 3 is 2.44 bits per heavy atom. The maximum absolute atomic E-state index is 12.4. The van der Waals surface area contributed by atoms with Crippen molar-refractivity contribution in [1.82, 2.24) is 9.62 Å². The van der Waals surface area contributed by atoms with Crippen LogP contribution in [0.15, 0.2) is 29.2 Å². The van der Waals surface area contributed by atoms with E-state index in [4.69, 9.17) is 0 Å². The summed E-state index contributed by atoms with van der Waals surface area (Å²) in [4.78, 5) is 12.3. The first-order valence-corrected chi connectivity index (χ1v) is 11.5. The van der Waals surface area contributed by atoms with Gasteiger partial charge in [-0.15, -0.1) is 0 Å². The van der Waals surface area contributed by atoms with Crippen molar-refractivity contribution in [1.29, 1.82) is 0 Å². The fraction of sp³-hybridized carbons (Fsp3) is 0.562. The molecule has 2 rings (SSSR count). The van der Waals surface area contributed by atoms with Crippen molar-refractivity contribution in [3.05, 3.63) is 29.8 Å². The van der Waals surface area contributed by atoms with Gasteiger partial charge in [0.25, 0.3) is 5.91 Å². The predicted molar refractivity (Wildman–Crippen MR) is 95.7 cm³/mol. The van der Waals surface area contributed by atoms with E-state index in [1.165, 1.54) is 35.6 Å². The van der Waals surface area contributed by atoms with E-state index in [2.05, 4.69) is 5.32 Å². The minimum Gasteiger partial charge on any atom is -0.348 e. The molecular weight excluding hydrogens is 364 g/mol. The highest BCUT2D eigenvalue weighted by Crippen LogP contribution is 2.17. The molecule has 1 aliphatic rings. The quantitative estimate of drug-likeness (QED) is 0.752. The van der Waals surface area contributed by atoms with Crippen LogP contribution in [-0.2, 0) is 19.9 Å². The van der Waals surface area contributed by atoms with Crippen LogP contribution in [0.3, 0.4) is 0 Å². The molecule has 9 heteroatoms. The number of sulfonamides is 1. The first-order valence-electron chi connectivity index (χ1n) is 8.23. The molecule has 25 heavy (non-hydrogen) atoms. The standard InChI is InChI=1S/C16H24N2O5S2/c1-3-4-10-18(2)25(22,23)15-7-5-13(6-8-15)16(19)17-14-9-11-24(20,21)12-14/h5-8,14H,3-4,9-12H2,1-2H3,(H,17,19). The molecule has 1 aliphatic heterocycles. The van der Waals surface area contributed by atoms with Crippen molar-refractivity contribution >= 4 is 25.8 Å². The van der Waals surface area contributed by atoms with Crippen LogP contribution >= 0.6 is 0 Å². The number of unbranched alkanes of at least 4 members (excludes halogenated alkanes) is 1. The van der Waals surface area contributed by atoms with Crippen LogP contribution < -0.4 is 5.32 Å². The van der Waals surface area contributed by atoms with E-state index in [0.717, 1.165) is 12.8 Å². The summed E-state index contributed by atoms with van der Waals surface area (Å²) in [7, 11) is -5.10. The van der Waals surface area contributed by atoms with Gasteiger partial charge in [0, 0.05) is 25.2 Å². The third-order valence-corrected chi connectivity index (χ3v) is 7.86. The molecule has 1 N–H and O–H groups in total. The van der Waals surface area contributed by atoms with E-state index in [9.17, 15) is 21.6 Å². The van der Waals surface area contributed by atoms with Crippen LogP contribution in [0.5, 0.6) is 0 Å². The molecule has 1 fully saturated rings. The lowest BCUT2D eigenvalue weighted by Gasteiger charge is -2.17. The van der Waals surface area contributed by atoms with Gasteiger partial charge in [-0.3, -0.25) is 4.79 Å². The van der Waals surface area contributed by atoms with Gasteiger partial charge >= 0.3 is 0 Å². The average molecular weight is 389 g/mol. The lowest BCUT2D eigenvalue weighted by molar-refractivity contribution is 0.0941. The van der Waals surface area contributed by atoms with Gasteiger partial charge in [0.1, 0.15) is 0 Å². The van der Waals surface area contributed by atoms with Gasteiger partial charge < -0.3 is 5.32 Å². The van der Waals surface area contributed by atoms with Crippen LogP contribution in [-0.4, -0.2) is 58.2 Å². The fourth-order valence-corrected chi connectivity index (χ4v) is 5.52. The Bertz CT molecular complexity index is 817. The molecule has 140 valence electrons. The van der Waals surface area contributed by atoms with Crippen molar-refractivity contribution in [2.75, 3.05) is 25.1 Å². The molecule has 1 heterocycles. The number of hydrogen-bond acceptors (Lipinski definition) is 5. The fourth-order valence-electron chi connectivity index (χ4n) is 2.64. The Kier molecular flexibility index (Phi) is 6.23. The first-order chi connectivity index (χ1) is 11.7. The van der Waals surface area contributed by atoms with Crippen molar-refractivity contribution in [3.63, 3.8) is 0 Å². The Hall–Kier alpha value is -1.45. The zero-order chi connectivity index (χ0) is 18.7. The Morgan fingerprint density at radius 1 is 1.28 bits per heavy atom. The van der Waals surface area contributed by atoms with Crippen LogP contribution in [0.2, 0.25) is 0 Å². The van der Waals surface area contributed by atoms with Gasteiger partial charge in [-0.1, -0.05) is 13.3 Å². The second kappa shape index (κ2) is 7.84. The predicted octanol–water partition coefficient (Wildman–Crippen LogP) is 1.02. The summed E-state index contributed by atoms with van der Waals surface area (Å²) in [5.41, 5.74) is 0.305. The van der Waals surface area contributed by atoms with Crippen LogP contribution in [0.1, 0.15) is 36.5 Å². The van der Waals surface area contributed by atoms with Gasteiger partial charge in [-0.05, 0) is 37.1 Å². The lowest BCUT2D eigenvalue weighted by Crippen LogP contribution is -2.35. The van der Waals surface area contributed by atoms with Gasteiger partial charge in [0.15, 0.2) is 9.84 Å². The largest absolute Gasteiger partial charge is 0.348 e. The summed E-state index contributed by atoms with van der Waals surface area (Å²) < 4.78 is 49.0. The molecule has 1 aromatic rings. The summed E-state index contributed by atoms with van der Waals surface area (Å²) >= 11 is 0. The smallest absolute Gasteiger partial charge is 0.251 e. The van der Waals surface area contributed by atoms with Crippen LogP contribution in [0, 0.1) is 0 Å². The van der Waals surface area contributed by atoms with Crippen LogP contribution in [0.25, 0.3) is 0 Å². The van der Waals surface area contributed by atoms with Gasteiger partial charge in [0.05, 0.1) is 16.4 Å². The number of hydrogen-bond donors (Lipinski definition) is 1. The summed E-state index contributed by atoms with van der Waals surface area (Å²) in [6.07, 6.45) is 2.08. The van der Waals surface area contributed by atoms with Crippen molar-refractivity contribution < 1.29 is 21.6 Å². The summed E-state index contributed by atoms with van der Waals surface area (Å²) in [6, 6.07) is 5.30. The Morgan fingerprint density at radius 2 is 1.92 bits per heavy atom. The normalized spacial score (nSPS) is 19.9. The Labute approximate surface area is 149 Å². The minimum atomic E-state index is -3.57. The molecule has 0 saturated carbocycles.